The number of nitrogens with zero attached hydrogens (tertiary/aromatic N) is 4. The van der Waals surface area contributed by atoms with Gasteiger partial charge in [0.05, 0.1) is 31.8 Å². The van der Waals surface area contributed by atoms with Crippen molar-refractivity contribution in [2.24, 2.45) is 11.8 Å². The molecule has 184 valence electrons. The Hall–Kier alpha value is -2.22. The van der Waals surface area contributed by atoms with E-state index in [4.69, 9.17) is 4.74 Å². The number of carbonyl (C=O) groups is 2. The number of hydrogen-bond donors (Lipinski definition) is 4. The molecule has 3 rings (SSSR count). The normalized spacial score (nSPS) is 19.9. The number of hydrogen-bond acceptors (Lipinski definition) is 10. The van der Waals surface area contributed by atoms with E-state index in [2.05, 4.69) is 20.8 Å². The Morgan fingerprint density at radius 1 is 1.42 bits per heavy atom. The van der Waals surface area contributed by atoms with E-state index in [0.29, 0.717) is 35.7 Å². The number of aliphatic hydroxyl groups excluding tert-OH is 1. The summed E-state index contributed by atoms with van der Waals surface area (Å²) in [4.78, 5) is 33.8. The molecule has 0 spiro atoms. The van der Waals surface area contributed by atoms with Gasteiger partial charge in [0.1, 0.15) is 0 Å². The number of amides is 2. The Morgan fingerprint density at radius 3 is 2.85 bits per heavy atom. The molecular formula is C20H31FN6O5S. The number of thioether (sulfide) groups is 1. The van der Waals surface area contributed by atoms with Gasteiger partial charge in [0.15, 0.2) is 16.8 Å². The molecule has 1 aliphatic carbocycles. The van der Waals surface area contributed by atoms with Crippen LogP contribution in [0.25, 0.3) is 0 Å². The van der Waals surface area contributed by atoms with Gasteiger partial charge in [-0.15, -0.1) is 0 Å². The van der Waals surface area contributed by atoms with Crippen LogP contribution < -0.4 is 15.8 Å². The van der Waals surface area contributed by atoms with E-state index in [1.165, 1.54) is 11.8 Å². The second-order valence-corrected chi connectivity index (χ2v) is 9.02. The van der Waals surface area contributed by atoms with Gasteiger partial charge in [0.25, 0.3) is 0 Å². The quantitative estimate of drug-likeness (QED) is 0.118. The molecule has 11 nitrogen and oxygen atoms in total. The zero-order valence-electron chi connectivity index (χ0n) is 18.6. The third kappa shape index (κ3) is 6.88. The number of rotatable bonds is 11. The van der Waals surface area contributed by atoms with E-state index in [9.17, 15) is 19.9 Å². The highest BCUT2D eigenvalue weighted by molar-refractivity contribution is 7.98. The van der Waals surface area contributed by atoms with Crippen molar-refractivity contribution in [2.45, 2.75) is 43.4 Å². The van der Waals surface area contributed by atoms with Gasteiger partial charge in [-0.2, -0.15) is 4.39 Å². The summed E-state index contributed by atoms with van der Waals surface area (Å²) in [6, 6.07) is 0. The Kier molecular flexibility index (Phi) is 9.47. The van der Waals surface area contributed by atoms with Crippen molar-refractivity contribution in [3.8, 4) is 0 Å². The number of carbonyl (C=O) groups excluding carboxylic acids is 2. The largest absolute Gasteiger partial charge is 0.394 e. The minimum absolute atomic E-state index is 0.0536. The first kappa shape index (κ1) is 25.4. The highest BCUT2D eigenvalue weighted by atomic mass is 32.2. The van der Waals surface area contributed by atoms with Crippen molar-refractivity contribution in [1.82, 2.24) is 20.5 Å². The fourth-order valence-electron chi connectivity index (χ4n) is 4.23. The molecule has 2 atom stereocenters. The number of aromatic nitrogens is 2. The Morgan fingerprint density at radius 2 is 2.18 bits per heavy atom. The van der Waals surface area contributed by atoms with Crippen molar-refractivity contribution in [3.05, 3.63) is 5.82 Å². The average molecular weight is 487 g/mol. The van der Waals surface area contributed by atoms with Gasteiger partial charge in [-0.05, 0) is 18.6 Å². The summed E-state index contributed by atoms with van der Waals surface area (Å²) in [7, 11) is 0. The topological polar surface area (TPSA) is 140 Å². The summed E-state index contributed by atoms with van der Waals surface area (Å²) < 4.78 is 20.7. The minimum Gasteiger partial charge on any atom is -0.394 e. The maximum atomic E-state index is 15.3. The molecule has 1 aliphatic heterocycles. The molecule has 2 aliphatic rings. The number of hydroxylamine groups is 2. The van der Waals surface area contributed by atoms with Crippen molar-refractivity contribution >= 4 is 35.7 Å². The van der Waals surface area contributed by atoms with E-state index >= 15 is 4.39 Å². The summed E-state index contributed by atoms with van der Waals surface area (Å²) in [5, 5.41) is 19.7. The Balaban J connectivity index is 1.72. The molecular weight excluding hydrogens is 455 g/mol. The molecule has 2 heterocycles. The van der Waals surface area contributed by atoms with Crippen molar-refractivity contribution in [1.29, 1.82) is 0 Å². The SMILES string of the molecule is CSc1nc(NNC(=O)[C@@H](CC2CCCC2)CN(O)C=O)c(F)c(N2CCOC(CO)C2)n1. The summed E-state index contributed by atoms with van der Waals surface area (Å²) in [6.45, 7) is 0.638. The smallest absolute Gasteiger partial charge is 0.243 e. The van der Waals surface area contributed by atoms with Gasteiger partial charge in [-0.1, -0.05) is 37.4 Å². The van der Waals surface area contributed by atoms with Crippen LogP contribution in [0.1, 0.15) is 32.1 Å². The van der Waals surface area contributed by atoms with Crippen LogP contribution in [0, 0.1) is 17.7 Å². The number of aliphatic hydroxyl groups is 1. The number of hydrazine groups is 1. The van der Waals surface area contributed by atoms with Gasteiger partial charge < -0.3 is 14.7 Å². The van der Waals surface area contributed by atoms with Crippen molar-refractivity contribution < 1.29 is 29.0 Å². The van der Waals surface area contributed by atoms with Crippen LogP contribution >= 0.6 is 11.8 Å². The van der Waals surface area contributed by atoms with Crippen LogP contribution in [0.15, 0.2) is 5.16 Å². The molecule has 0 bridgehead atoms. The molecule has 1 saturated heterocycles. The minimum atomic E-state index is -0.740. The third-order valence-corrected chi connectivity index (χ3v) is 6.48. The fourth-order valence-corrected chi connectivity index (χ4v) is 4.59. The lowest BCUT2D eigenvalue weighted by atomic mass is 9.92. The molecule has 1 aromatic rings. The van der Waals surface area contributed by atoms with E-state index < -0.39 is 23.7 Å². The van der Waals surface area contributed by atoms with Crippen molar-refractivity contribution in [2.75, 3.05) is 49.4 Å². The Bertz CT molecular complexity index is 815. The second-order valence-electron chi connectivity index (χ2n) is 8.24. The monoisotopic (exact) mass is 486 g/mol. The molecule has 33 heavy (non-hydrogen) atoms. The number of halogens is 1. The van der Waals surface area contributed by atoms with E-state index in [0.717, 1.165) is 25.7 Å². The number of anilines is 2. The maximum absolute atomic E-state index is 15.3. The summed E-state index contributed by atoms with van der Waals surface area (Å²) in [5.74, 6) is -1.68. The number of ether oxygens (including phenoxy) is 1. The summed E-state index contributed by atoms with van der Waals surface area (Å²) in [5.41, 5.74) is 5.03. The molecule has 2 amide bonds. The molecule has 2 fully saturated rings. The predicted octanol–water partition coefficient (Wildman–Crippen LogP) is 1.02. The summed E-state index contributed by atoms with van der Waals surface area (Å²) >= 11 is 1.22. The standard InChI is InChI=1S/C20H31FN6O5S/c1-33-20-22-17(16(21)18(23-20)26-6-7-32-15(10-26)11-28)24-25-19(30)14(9-27(31)12-29)8-13-4-2-3-5-13/h12-15,28,31H,2-11H2,1H3,(H,25,30)(H,22,23,24)/t14-,15?/m0/s1. The lowest BCUT2D eigenvalue weighted by Gasteiger charge is -2.33. The molecule has 1 unspecified atom stereocenters. The highest BCUT2D eigenvalue weighted by Crippen LogP contribution is 2.31. The maximum Gasteiger partial charge on any atom is 0.243 e. The molecule has 13 heteroatoms. The van der Waals surface area contributed by atoms with E-state index in [-0.39, 0.29) is 37.7 Å². The van der Waals surface area contributed by atoms with Gasteiger partial charge in [-0.3, -0.25) is 25.6 Å². The second kappa shape index (κ2) is 12.3. The van der Waals surface area contributed by atoms with Crippen LogP contribution in [-0.4, -0.2) is 82.9 Å². The van der Waals surface area contributed by atoms with E-state index in [1.807, 2.05) is 0 Å². The first-order chi connectivity index (χ1) is 15.9. The lowest BCUT2D eigenvalue weighted by Crippen LogP contribution is -2.45. The third-order valence-electron chi connectivity index (χ3n) is 5.93. The Labute approximate surface area is 196 Å². The summed E-state index contributed by atoms with van der Waals surface area (Å²) in [6.07, 6.45) is 6.27. The molecule has 4 N–H and O–H groups in total. The first-order valence-electron chi connectivity index (χ1n) is 11.0. The zero-order valence-corrected chi connectivity index (χ0v) is 19.4. The lowest BCUT2D eigenvalue weighted by molar-refractivity contribution is -0.154. The van der Waals surface area contributed by atoms with E-state index in [1.54, 1.807) is 11.2 Å². The van der Waals surface area contributed by atoms with Gasteiger partial charge in [-0.25, -0.2) is 15.0 Å². The van der Waals surface area contributed by atoms with Crippen LogP contribution in [0.4, 0.5) is 16.0 Å². The first-order valence-corrected chi connectivity index (χ1v) is 12.2. The molecule has 0 aromatic carbocycles. The zero-order chi connectivity index (χ0) is 23.8. The fraction of sp³-hybridized carbons (Fsp3) is 0.700. The molecule has 1 aromatic heterocycles. The van der Waals surface area contributed by atoms with Crippen LogP contribution in [0.2, 0.25) is 0 Å². The van der Waals surface area contributed by atoms with Crippen LogP contribution in [0.5, 0.6) is 0 Å². The molecule has 0 radical (unpaired) electrons. The van der Waals surface area contributed by atoms with Crippen molar-refractivity contribution in [3.63, 3.8) is 0 Å². The van der Waals surface area contributed by atoms with Gasteiger partial charge in [0, 0.05) is 13.1 Å². The number of morpholine rings is 1. The highest BCUT2D eigenvalue weighted by Gasteiger charge is 2.29. The average Bonchev–Trinajstić information content (AvgIpc) is 3.35. The van der Waals surface area contributed by atoms with Crippen LogP contribution in [-0.2, 0) is 14.3 Å². The van der Waals surface area contributed by atoms with Gasteiger partial charge >= 0.3 is 0 Å². The molecule has 1 saturated carbocycles. The number of nitrogens with one attached hydrogen (secondary N) is 2. The predicted molar refractivity (Wildman–Crippen MR) is 119 cm³/mol. The van der Waals surface area contributed by atoms with Gasteiger partial charge in [0.2, 0.25) is 18.1 Å². The van der Waals surface area contributed by atoms with Crippen LogP contribution in [0.3, 0.4) is 0 Å².